The molecule has 116 valence electrons. The first-order valence-electron chi connectivity index (χ1n) is 6.17. The molecule has 0 aliphatic rings. The van der Waals surface area contributed by atoms with Gasteiger partial charge < -0.3 is 0 Å². The first kappa shape index (κ1) is 19.7. The van der Waals surface area contributed by atoms with E-state index in [1.165, 1.54) is 0 Å². The molecule has 6 heteroatoms. The molecule has 0 saturated heterocycles. The van der Waals surface area contributed by atoms with Crippen LogP contribution in [-0.2, 0) is 0 Å². The molecular weight excluding hydrogens is 544 g/mol. The number of benzene rings is 2. The third-order valence-electron chi connectivity index (χ3n) is 2.58. The van der Waals surface area contributed by atoms with Gasteiger partial charge in [0.15, 0.2) is 11.6 Å². The number of carbonyl (C=O) groups excluding carboxylic acids is 2. The number of hydrogen-bond donors (Lipinski definition) is 0. The van der Waals surface area contributed by atoms with E-state index in [4.69, 9.17) is 0 Å². The molecule has 0 amide bonds. The van der Waals surface area contributed by atoms with Gasteiger partial charge in [-0.05, 0) is 24.3 Å². The zero-order chi connectivity index (χ0) is 16.5. The molecule has 0 saturated carbocycles. The van der Waals surface area contributed by atoms with Crippen LogP contribution in [-0.4, -0.2) is 22.2 Å². The minimum Gasteiger partial charge on any atom is -0.293 e. The molecule has 22 heavy (non-hydrogen) atoms. The van der Waals surface area contributed by atoms with Crippen molar-refractivity contribution in [1.29, 1.82) is 0 Å². The van der Waals surface area contributed by atoms with Crippen LogP contribution in [0.5, 0.6) is 0 Å². The van der Waals surface area contributed by atoms with Crippen LogP contribution in [0.3, 0.4) is 0 Å². The van der Waals surface area contributed by atoms with E-state index in [9.17, 15) is 9.59 Å². The normalized spacial score (nSPS) is 9.64. The Kier molecular flexibility index (Phi) is 9.40. The highest BCUT2D eigenvalue weighted by molar-refractivity contribution is 9.11. The Morgan fingerprint density at radius 2 is 0.909 bits per heavy atom. The first-order chi connectivity index (χ1) is 10.5. The topological polar surface area (TPSA) is 34.1 Å². The molecule has 2 aromatic rings. The summed E-state index contributed by atoms with van der Waals surface area (Å²) in [6.07, 6.45) is 0. The molecule has 2 nitrogen and oxygen atoms in total. The molecule has 0 bridgehead atoms. The molecule has 0 aliphatic heterocycles. The van der Waals surface area contributed by atoms with E-state index in [-0.39, 0.29) is 11.6 Å². The Balaban J connectivity index is 0.000000220. The van der Waals surface area contributed by atoms with Gasteiger partial charge in [0.2, 0.25) is 0 Å². The summed E-state index contributed by atoms with van der Waals surface area (Å²) in [5, 5.41) is 0.767. The lowest BCUT2D eigenvalue weighted by Gasteiger charge is -1.95. The number of alkyl halides is 2. The molecule has 0 radical (unpaired) electrons. The minimum atomic E-state index is 0.109. The van der Waals surface area contributed by atoms with Crippen molar-refractivity contribution in [1.82, 2.24) is 0 Å². The smallest absolute Gasteiger partial charge is 0.173 e. The lowest BCUT2D eigenvalue weighted by atomic mass is 10.2. The van der Waals surface area contributed by atoms with Crippen LogP contribution in [0, 0.1) is 0 Å². The van der Waals surface area contributed by atoms with Crippen LogP contribution in [0.1, 0.15) is 20.7 Å². The lowest BCUT2D eigenvalue weighted by molar-refractivity contribution is 0.101. The van der Waals surface area contributed by atoms with Crippen molar-refractivity contribution in [3.8, 4) is 0 Å². The number of ketones is 2. The Labute approximate surface area is 163 Å². The predicted molar refractivity (Wildman–Crippen MR) is 105 cm³/mol. The monoisotopic (exact) mass is 552 g/mol. The summed E-state index contributed by atoms with van der Waals surface area (Å²) in [4.78, 5) is 22.1. The molecule has 0 unspecified atom stereocenters. The fourth-order valence-electron chi connectivity index (χ4n) is 1.43. The van der Waals surface area contributed by atoms with Crippen LogP contribution in [0.25, 0.3) is 0 Å². The minimum absolute atomic E-state index is 0.109. The maximum atomic E-state index is 11.1. The zero-order valence-electron chi connectivity index (χ0n) is 11.4. The molecule has 0 heterocycles. The summed E-state index contributed by atoms with van der Waals surface area (Å²) in [6, 6.07) is 14.6. The van der Waals surface area contributed by atoms with Crippen molar-refractivity contribution >= 4 is 75.3 Å². The number of Topliss-reactive ketones (excluding diaryl/α,β-unsaturated/α-hetero) is 2. The Bertz CT molecular complexity index is 564. The Hall–Kier alpha value is -0.300. The number of halogens is 4. The fraction of sp³-hybridized carbons (Fsp3) is 0.125. The summed E-state index contributed by atoms with van der Waals surface area (Å²) in [5.74, 6) is 0.218. The van der Waals surface area contributed by atoms with Crippen molar-refractivity contribution in [2.45, 2.75) is 0 Å². The van der Waals surface area contributed by atoms with Crippen LogP contribution in [0.15, 0.2) is 57.5 Å². The molecule has 2 rings (SSSR count). The molecule has 0 atom stereocenters. The van der Waals surface area contributed by atoms with Gasteiger partial charge >= 0.3 is 0 Å². The summed E-state index contributed by atoms with van der Waals surface area (Å²) in [5.41, 5.74) is 1.48. The highest BCUT2D eigenvalue weighted by Gasteiger charge is 2.02. The third-order valence-corrected chi connectivity index (χ3v) is 4.65. The van der Waals surface area contributed by atoms with Gasteiger partial charge in [0.25, 0.3) is 0 Å². The van der Waals surface area contributed by atoms with E-state index in [2.05, 4.69) is 63.7 Å². The molecule has 0 fully saturated rings. The molecular formula is C16H12Br4O2. The highest BCUT2D eigenvalue weighted by Crippen LogP contribution is 2.12. The Morgan fingerprint density at radius 1 is 0.636 bits per heavy atom. The highest BCUT2D eigenvalue weighted by atomic mass is 79.9. The first-order valence-corrected chi connectivity index (χ1v) is 10.00. The van der Waals surface area contributed by atoms with Crippen LogP contribution in [0.4, 0.5) is 0 Å². The van der Waals surface area contributed by atoms with Gasteiger partial charge in [0, 0.05) is 20.1 Å². The molecule has 0 spiro atoms. The largest absolute Gasteiger partial charge is 0.293 e. The van der Waals surface area contributed by atoms with Gasteiger partial charge in [0.1, 0.15) is 0 Å². The maximum Gasteiger partial charge on any atom is 0.173 e. The van der Waals surface area contributed by atoms with E-state index in [1.54, 1.807) is 24.3 Å². The van der Waals surface area contributed by atoms with Gasteiger partial charge in [-0.25, -0.2) is 0 Å². The summed E-state index contributed by atoms with van der Waals surface area (Å²) >= 11 is 12.8. The van der Waals surface area contributed by atoms with Crippen LogP contribution >= 0.6 is 63.7 Å². The van der Waals surface area contributed by atoms with E-state index >= 15 is 0 Å². The van der Waals surface area contributed by atoms with Crippen molar-refractivity contribution in [2.75, 3.05) is 10.7 Å². The van der Waals surface area contributed by atoms with E-state index in [0.717, 1.165) is 20.1 Å². The second kappa shape index (κ2) is 10.5. The van der Waals surface area contributed by atoms with Gasteiger partial charge in [-0.1, -0.05) is 88.0 Å². The van der Waals surface area contributed by atoms with Crippen LogP contribution in [0.2, 0.25) is 0 Å². The molecule has 0 N–H and O–H groups in total. The fourth-order valence-corrected chi connectivity index (χ4v) is 2.60. The average Bonchev–Trinajstić information content (AvgIpc) is 2.55. The lowest BCUT2D eigenvalue weighted by Crippen LogP contribution is -1.98. The quantitative estimate of drug-likeness (QED) is 0.340. The van der Waals surface area contributed by atoms with Gasteiger partial charge in [-0.3, -0.25) is 9.59 Å². The second-order valence-electron chi connectivity index (χ2n) is 4.13. The van der Waals surface area contributed by atoms with Gasteiger partial charge in [0.05, 0.1) is 10.7 Å². The van der Waals surface area contributed by atoms with Crippen molar-refractivity contribution in [2.24, 2.45) is 0 Å². The number of hydrogen-bond acceptors (Lipinski definition) is 2. The Morgan fingerprint density at radius 3 is 1.14 bits per heavy atom. The number of carbonyl (C=O) groups is 2. The van der Waals surface area contributed by atoms with Crippen molar-refractivity contribution in [3.63, 3.8) is 0 Å². The summed E-state index contributed by atoms with van der Waals surface area (Å²) < 4.78 is 1.98. The van der Waals surface area contributed by atoms with Gasteiger partial charge in [-0.2, -0.15) is 0 Å². The zero-order valence-corrected chi connectivity index (χ0v) is 17.7. The van der Waals surface area contributed by atoms with Crippen LogP contribution < -0.4 is 0 Å². The molecule has 2 aromatic carbocycles. The van der Waals surface area contributed by atoms with E-state index in [1.807, 2.05) is 24.3 Å². The predicted octanol–water partition coefficient (Wildman–Crippen LogP) is 6.05. The third kappa shape index (κ3) is 6.86. The SMILES string of the molecule is O=C(CBr)c1ccc(Br)cc1.O=C(CBr)c1ccc(Br)cc1. The standard InChI is InChI=1S/2C8H6Br2O/c2*9-5-8(11)6-1-3-7(10)4-2-6/h2*1-4H,5H2. The van der Waals surface area contributed by atoms with E-state index in [0.29, 0.717) is 10.7 Å². The second-order valence-corrected chi connectivity index (χ2v) is 7.08. The molecule has 0 aromatic heterocycles. The number of rotatable bonds is 4. The van der Waals surface area contributed by atoms with Crippen molar-refractivity contribution in [3.05, 3.63) is 68.6 Å². The summed E-state index contributed by atoms with van der Waals surface area (Å²) in [6.45, 7) is 0. The molecule has 0 aliphatic carbocycles. The van der Waals surface area contributed by atoms with Gasteiger partial charge in [-0.15, -0.1) is 0 Å². The maximum absolute atomic E-state index is 11.1. The van der Waals surface area contributed by atoms with E-state index < -0.39 is 0 Å². The van der Waals surface area contributed by atoms with Crippen molar-refractivity contribution < 1.29 is 9.59 Å². The summed E-state index contributed by atoms with van der Waals surface area (Å²) in [7, 11) is 0. The average molecular weight is 556 g/mol.